The molecule has 104 valence electrons. The van der Waals surface area contributed by atoms with E-state index in [0.29, 0.717) is 18.4 Å². The zero-order valence-corrected chi connectivity index (χ0v) is 11.4. The number of ether oxygens (including phenoxy) is 1. The van der Waals surface area contributed by atoms with Gasteiger partial charge in [-0.15, -0.1) is 0 Å². The van der Waals surface area contributed by atoms with Gasteiger partial charge in [0.05, 0.1) is 6.10 Å². The Hall–Kier alpha value is -0.610. The second-order valence-corrected chi connectivity index (χ2v) is 5.62. The van der Waals surface area contributed by atoms with Crippen molar-refractivity contribution in [3.8, 4) is 0 Å². The van der Waals surface area contributed by atoms with Gasteiger partial charge in [0.2, 0.25) is 5.91 Å². The van der Waals surface area contributed by atoms with E-state index in [1.165, 1.54) is 6.42 Å². The molecule has 1 atom stereocenters. The molecule has 0 spiro atoms. The molecule has 2 fully saturated rings. The molecule has 1 heterocycles. The first kappa shape index (κ1) is 13.8. The Morgan fingerprint density at radius 1 is 1.39 bits per heavy atom. The lowest BCUT2D eigenvalue weighted by molar-refractivity contribution is -0.124. The van der Waals surface area contributed by atoms with Gasteiger partial charge in [-0.05, 0) is 57.5 Å². The molecule has 0 bridgehead atoms. The average molecular weight is 254 g/mol. The van der Waals surface area contributed by atoms with E-state index in [-0.39, 0.29) is 5.91 Å². The Kier molecular flexibility index (Phi) is 5.45. The maximum atomic E-state index is 11.7. The molecule has 1 amide bonds. The van der Waals surface area contributed by atoms with Crippen molar-refractivity contribution < 1.29 is 9.53 Å². The zero-order valence-electron chi connectivity index (χ0n) is 11.4. The van der Waals surface area contributed by atoms with Crippen LogP contribution in [0.5, 0.6) is 0 Å². The first-order valence-electron chi connectivity index (χ1n) is 7.37. The summed E-state index contributed by atoms with van der Waals surface area (Å²) in [6.07, 6.45) is 5.60. The lowest BCUT2D eigenvalue weighted by atomic mass is 9.80. The van der Waals surface area contributed by atoms with E-state index in [9.17, 15) is 4.79 Å². The third kappa shape index (κ3) is 4.25. The van der Waals surface area contributed by atoms with Crippen LogP contribution < -0.4 is 10.6 Å². The maximum Gasteiger partial charge on any atom is 0.220 e. The van der Waals surface area contributed by atoms with Crippen molar-refractivity contribution in [3.05, 3.63) is 0 Å². The van der Waals surface area contributed by atoms with Crippen LogP contribution in [0.4, 0.5) is 0 Å². The molecule has 2 N–H and O–H groups in total. The summed E-state index contributed by atoms with van der Waals surface area (Å²) >= 11 is 0. The summed E-state index contributed by atoms with van der Waals surface area (Å²) in [5.74, 6) is 1.53. The molecule has 4 nitrogen and oxygen atoms in total. The summed E-state index contributed by atoms with van der Waals surface area (Å²) in [5.41, 5.74) is 0. The SMILES string of the molecule is CCOC1CC(CC(=O)NCCC2CCNC2)C1. The molecule has 1 unspecified atom stereocenters. The van der Waals surface area contributed by atoms with Crippen LogP contribution in [0.25, 0.3) is 0 Å². The van der Waals surface area contributed by atoms with Crippen molar-refractivity contribution >= 4 is 5.91 Å². The smallest absolute Gasteiger partial charge is 0.220 e. The highest BCUT2D eigenvalue weighted by molar-refractivity contribution is 5.76. The van der Waals surface area contributed by atoms with Gasteiger partial charge in [0.1, 0.15) is 0 Å². The molecule has 1 saturated carbocycles. The summed E-state index contributed by atoms with van der Waals surface area (Å²) in [5, 5.41) is 6.40. The molecular formula is C14H26N2O2. The van der Waals surface area contributed by atoms with Gasteiger partial charge in [-0.25, -0.2) is 0 Å². The molecule has 1 aliphatic heterocycles. The highest BCUT2D eigenvalue weighted by atomic mass is 16.5. The van der Waals surface area contributed by atoms with Gasteiger partial charge in [-0.3, -0.25) is 4.79 Å². The Balaban J connectivity index is 1.48. The molecule has 0 radical (unpaired) electrons. The lowest BCUT2D eigenvalue weighted by Gasteiger charge is -2.34. The number of hydrogen-bond acceptors (Lipinski definition) is 3. The van der Waals surface area contributed by atoms with Crippen LogP contribution in [-0.4, -0.2) is 38.3 Å². The Labute approximate surface area is 110 Å². The largest absolute Gasteiger partial charge is 0.378 e. The van der Waals surface area contributed by atoms with Crippen LogP contribution in [0, 0.1) is 11.8 Å². The van der Waals surface area contributed by atoms with Crippen molar-refractivity contribution in [2.75, 3.05) is 26.2 Å². The molecule has 2 rings (SSSR count). The molecule has 1 saturated heterocycles. The van der Waals surface area contributed by atoms with Crippen LogP contribution in [0.1, 0.15) is 39.0 Å². The number of nitrogens with one attached hydrogen (secondary N) is 2. The van der Waals surface area contributed by atoms with Gasteiger partial charge in [0, 0.05) is 19.6 Å². The quantitative estimate of drug-likeness (QED) is 0.720. The van der Waals surface area contributed by atoms with Crippen LogP contribution in [0.2, 0.25) is 0 Å². The van der Waals surface area contributed by atoms with Crippen molar-refractivity contribution in [2.45, 2.75) is 45.1 Å². The monoisotopic (exact) mass is 254 g/mol. The second kappa shape index (κ2) is 7.10. The van der Waals surface area contributed by atoms with E-state index in [1.54, 1.807) is 0 Å². The Bertz CT molecular complexity index is 259. The first-order valence-corrected chi connectivity index (χ1v) is 7.37. The van der Waals surface area contributed by atoms with Gasteiger partial charge in [-0.1, -0.05) is 0 Å². The third-order valence-electron chi connectivity index (χ3n) is 4.11. The van der Waals surface area contributed by atoms with Crippen molar-refractivity contribution in [2.24, 2.45) is 11.8 Å². The Morgan fingerprint density at radius 2 is 2.22 bits per heavy atom. The highest BCUT2D eigenvalue weighted by Gasteiger charge is 2.30. The highest BCUT2D eigenvalue weighted by Crippen LogP contribution is 2.32. The van der Waals surface area contributed by atoms with Crippen molar-refractivity contribution in [1.29, 1.82) is 0 Å². The van der Waals surface area contributed by atoms with E-state index in [1.807, 2.05) is 6.92 Å². The topological polar surface area (TPSA) is 50.4 Å². The number of hydrogen-bond donors (Lipinski definition) is 2. The van der Waals surface area contributed by atoms with Crippen molar-refractivity contribution in [3.63, 3.8) is 0 Å². The van der Waals surface area contributed by atoms with E-state index in [4.69, 9.17) is 4.74 Å². The van der Waals surface area contributed by atoms with Gasteiger partial charge in [0.15, 0.2) is 0 Å². The van der Waals surface area contributed by atoms with E-state index in [2.05, 4.69) is 10.6 Å². The molecule has 1 aliphatic carbocycles. The number of carbonyl (C=O) groups excluding carboxylic acids is 1. The zero-order chi connectivity index (χ0) is 12.8. The van der Waals surface area contributed by atoms with Crippen LogP contribution in [0.3, 0.4) is 0 Å². The Morgan fingerprint density at radius 3 is 2.89 bits per heavy atom. The second-order valence-electron chi connectivity index (χ2n) is 5.62. The fourth-order valence-corrected chi connectivity index (χ4v) is 2.92. The summed E-state index contributed by atoms with van der Waals surface area (Å²) in [6, 6.07) is 0. The van der Waals surface area contributed by atoms with Crippen LogP contribution in [-0.2, 0) is 9.53 Å². The number of amides is 1. The minimum Gasteiger partial charge on any atom is -0.378 e. The molecule has 0 aromatic rings. The fraction of sp³-hybridized carbons (Fsp3) is 0.929. The summed E-state index contributed by atoms with van der Waals surface area (Å²) in [7, 11) is 0. The molecule has 0 aromatic heterocycles. The van der Waals surface area contributed by atoms with E-state index < -0.39 is 0 Å². The molecular weight excluding hydrogens is 228 g/mol. The molecule has 0 aromatic carbocycles. The first-order chi connectivity index (χ1) is 8.78. The van der Waals surface area contributed by atoms with Crippen molar-refractivity contribution in [1.82, 2.24) is 10.6 Å². The number of rotatable bonds is 7. The summed E-state index contributed by atoms with van der Waals surface area (Å²) in [4.78, 5) is 11.7. The maximum absolute atomic E-state index is 11.7. The van der Waals surface area contributed by atoms with Gasteiger partial charge in [-0.2, -0.15) is 0 Å². The molecule has 18 heavy (non-hydrogen) atoms. The van der Waals surface area contributed by atoms with Crippen LogP contribution >= 0.6 is 0 Å². The molecule has 2 aliphatic rings. The van der Waals surface area contributed by atoms with Gasteiger partial charge < -0.3 is 15.4 Å². The minimum absolute atomic E-state index is 0.223. The van der Waals surface area contributed by atoms with Gasteiger partial charge >= 0.3 is 0 Å². The fourth-order valence-electron chi connectivity index (χ4n) is 2.92. The molecule has 4 heteroatoms. The third-order valence-corrected chi connectivity index (χ3v) is 4.11. The predicted molar refractivity (Wildman–Crippen MR) is 71.4 cm³/mol. The van der Waals surface area contributed by atoms with E-state index in [0.717, 1.165) is 51.4 Å². The number of carbonyl (C=O) groups is 1. The predicted octanol–water partition coefficient (Wildman–Crippen LogP) is 1.31. The minimum atomic E-state index is 0.223. The summed E-state index contributed by atoms with van der Waals surface area (Å²) < 4.78 is 5.50. The normalized spacial score (nSPS) is 31.1. The standard InChI is InChI=1S/C14H26N2O2/c1-2-18-13-7-12(8-13)9-14(17)16-6-4-11-3-5-15-10-11/h11-13,15H,2-10H2,1H3,(H,16,17). The average Bonchev–Trinajstić information content (AvgIpc) is 2.79. The van der Waals surface area contributed by atoms with Gasteiger partial charge in [0.25, 0.3) is 0 Å². The lowest BCUT2D eigenvalue weighted by Crippen LogP contribution is -2.36. The van der Waals surface area contributed by atoms with Crippen LogP contribution in [0.15, 0.2) is 0 Å². The van der Waals surface area contributed by atoms with E-state index >= 15 is 0 Å². The summed E-state index contributed by atoms with van der Waals surface area (Å²) in [6.45, 7) is 5.91.